The lowest BCUT2D eigenvalue weighted by Crippen LogP contribution is -2.20. The Morgan fingerprint density at radius 1 is 1.42 bits per heavy atom. The minimum Gasteiger partial charge on any atom is -0.489 e. The Labute approximate surface area is 165 Å². The first-order valence-electron chi connectivity index (χ1n) is 8.43. The predicted octanol–water partition coefficient (Wildman–Crippen LogP) is 5.19. The Balaban J connectivity index is 1.84. The second kappa shape index (κ2) is 7.84. The normalized spacial score (nSPS) is 17.2. The third kappa shape index (κ3) is 4.30. The third-order valence-electron chi connectivity index (χ3n) is 4.09. The van der Waals surface area contributed by atoms with Crippen LogP contribution in [0.3, 0.4) is 0 Å². The molecule has 2 aromatic rings. The Morgan fingerprint density at radius 2 is 2.19 bits per heavy atom. The molecular formula is C19H20BrClN2O3. The number of nitrogens with zero attached hydrogens (tertiary/aromatic N) is 2. The van der Waals surface area contributed by atoms with Crippen LogP contribution in [-0.2, 0) is 6.54 Å². The van der Waals surface area contributed by atoms with Crippen molar-refractivity contribution in [3.8, 4) is 17.2 Å². The van der Waals surface area contributed by atoms with Crippen molar-refractivity contribution < 1.29 is 9.15 Å². The minimum atomic E-state index is -0.486. The maximum Gasteiger partial charge on any atom is 0.437 e. The fourth-order valence-electron chi connectivity index (χ4n) is 2.74. The molecule has 1 aromatic heterocycles. The number of benzene rings is 1. The number of hydrogen-bond acceptors (Lipinski definition) is 4. The summed E-state index contributed by atoms with van der Waals surface area (Å²) in [5.74, 6) is 0.684. The van der Waals surface area contributed by atoms with E-state index in [2.05, 4.69) is 28.0 Å². The number of halogens is 2. The van der Waals surface area contributed by atoms with Crippen LogP contribution < -0.4 is 10.5 Å². The SMILES string of the molecule is CC(C)Oc1ccc(-c2nn(CC3=CC=C(Br)CC3C)c(=O)o2)cc1Cl. The molecule has 0 saturated carbocycles. The monoisotopic (exact) mass is 438 g/mol. The van der Waals surface area contributed by atoms with Gasteiger partial charge in [-0.3, -0.25) is 0 Å². The Hall–Kier alpha value is -1.79. The lowest BCUT2D eigenvalue weighted by atomic mass is 9.93. The standard InChI is InChI=1S/C19H20BrClN2O3/c1-11(2)25-17-7-5-13(9-16(17)21)18-22-23(19(24)26-18)10-14-4-6-15(20)8-12(14)3/h4-7,9,11-12H,8,10H2,1-3H3. The first-order chi connectivity index (χ1) is 12.3. The van der Waals surface area contributed by atoms with Crippen molar-refractivity contribution in [3.05, 3.63) is 56.0 Å². The van der Waals surface area contributed by atoms with Gasteiger partial charge in [0, 0.05) is 5.56 Å². The van der Waals surface area contributed by atoms with Crippen LogP contribution in [0.2, 0.25) is 5.02 Å². The summed E-state index contributed by atoms with van der Waals surface area (Å²) in [5.41, 5.74) is 1.77. The Kier molecular flexibility index (Phi) is 5.73. The number of allylic oxidation sites excluding steroid dienone is 4. The van der Waals surface area contributed by atoms with Gasteiger partial charge in [-0.05, 0) is 54.4 Å². The minimum absolute atomic E-state index is 0.0235. The smallest absolute Gasteiger partial charge is 0.437 e. The molecule has 26 heavy (non-hydrogen) atoms. The molecule has 0 saturated heterocycles. The van der Waals surface area contributed by atoms with E-state index in [1.807, 2.05) is 26.0 Å². The number of aromatic nitrogens is 2. The van der Waals surface area contributed by atoms with Gasteiger partial charge in [0.25, 0.3) is 0 Å². The molecule has 0 radical (unpaired) electrons. The quantitative estimate of drug-likeness (QED) is 0.643. The molecule has 1 aromatic carbocycles. The van der Waals surface area contributed by atoms with Gasteiger partial charge in [0.05, 0.1) is 17.7 Å². The first-order valence-corrected chi connectivity index (χ1v) is 9.60. The van der Waals surface area contributed by atoms with Gasteiger partial charge in [0.1, 0.15) is 5.75 Å². The van der Waals surface area contributed by atoms with E-state index in [1.165, 1.54) is 4.68 Å². The molecule has 0 aliphatic heterocycles. The average Bonchev–Trinajstić information content (AvgIpc) is 2.92. The van der Waals surface area contributed by atoms with Crippen molar-refractivity contribution in [2.24, 2.45) is 5.92 Å². The third-order valence-corrected chi connectivity index (χ3v) is 4.98. The van der Waals surface area contributed by atoms with Crippen LogP contribution in [0, 0.1) is 5.92 Å². The molecule has 0 N–H and O–H groups in total. The molecule has 0 fully saturated rings. The highest BCUT2D eigenvalue weighted by Crippen LogP contribution is 2.31. The summed E-state index contributed by atoms with van der Waals surface area (Å²) in [6.45, 7) is 6.39. The predicted molar refractivity (Wildman–Crippen MR) is 106 cm³/mol. The van der Waals surface area contributed by atoms with Gasteiger partial charge in [0.2, 0.25) is 5.89 Å². The lowest BCUT2D eigenvalue weighted by Gasteiger charge is -2.18. The van der Waals surface area contributed by atoms with Crippen LogP contribution in [-0.4, -0.2) is 15.9 Å². The van der Waals surface area contributed by atoms with Crippen molar-refractivity contribution in [2.75, 3.05) is 0 Å². The largest absolute Gasteiger partial charge is 0.489 e. The van der Waals surface area contributed by atoms with Crippen LogP contribution in [0.5, 0.6) is 5.75 Å². The maximum absolute atomic E-state index is 12.2. The van der Waals surface area contributed by atoms with E-state index in [0.717, 1.165) is 16.5 Å². The summed E-state index contributed by atoms with van der Waals surface area (Å²) in [6.07, 6.45) is 4.97. The van der Waals surface area contributed by atoms with E-state index in [0.29, 0.717) is 28.8 Å². The molecule has 1 atom stereocenters. The van der Waals surface area contributed by atoms with Crippen molar-refractivity contribution >= 4 is 27.5 Å². The van der Waals surface area contributed by atoms with E-state index in [-0.39, 0.29) is 12.0 Å². The van der Waals surface area contributed by atoms with Gasteiger partial charge in [0.15, 0.2) is 0 Å². The molecular weight excluding hydrogens is 420 g/mol. The van der Waals surface area contributed by atoms with Crippen molar-refractivity contribution in [1.82, 2.24) is 9.78 Å². The molecule has 3 rings (SSSR count). The van der Waals surface area contributed by atoms with E-state index in [1.54, 1.807) is 18.2 Å². The summed E-state index contributed by atoms with van der Waals surface area (Å²) in [4.78, 5) is 12.2. The average molecular weight is 440 g/mol. The fraction of sp³-hybridized carbons (Fsp3) is 0.368. The summed E-state index contributed by atoms with van der Waals surface area (Å²) in [6, 6.07) is 5.23. The van der Waals surface area contributed by atoms with Crippen molar-refractivity contribution in [3.63, 3.8) is 0 Å². The molecule has 1 aliphatic rings. The van der Waals surface area contributed by atoms with E-state index >= 15 is 0 Å². The van der Waals surface area contributed by atoms with Gasteiger partial charge in [-0.2, -0.15) is 4.68 Å². The molecule has 1 unspecified atom stereocenters. The van der Waals surface area contributed by atoms with Crippen LogP contribution in [0.1, 0.15) is 27.2 Å². The summed E-state index contributed by atoms with van der Waals surface area (Å²) in [7, 11) is 0. The van der Waals surface area contributed by atoms with E-state index in [4.69, 9.17) is 20.8 Å². The highest BCUT2D eigenvalue weighted by atomic mass is 79.9. The summed E-state index contributed by atoms with van der Waals surface area (Å²) >= 11 is 9.77. The van der Waals surface area contributed by atoms with Gasteiger partial charge in [-0.15, -0.1) is 5.10 Å². The highest BCUT2D eigenvalue weighted by molar-refractivity contribution is 9.11. The van der Waals surface area contributed by atoms with Gasteiger partial charge < -0.3 is 9.15 Å². The van der Waals surface area contributed by atoms with E-state index < -0.39 is 5.76 Å². The second-order valence-corrected chi connectivity index (χ2v) is 8.03. The number of hydrogen-bond donors (Lipinski definition) is 0. The zero-order valence-corrected chi connectivity index (χ0v) is 17.2. The molecule has 7 heteroatoms. The van der Waals surface area contributed by atoms with Crippen molar-refractivity contribution in [2.45, 2.75) is 39.8 Å². The summed E-state index contributed by atoms with van der Waals surface area (Å²) < 4.78 is 13.4. The lowest BCUT2D eigenvalue weighted by molar-refractivity contribution is 0.242. The van der Waals surface area contributed by atoms with Crippen molar-refractivity contribution in [1.29, 1.82) is 0 Å². The maximum atomic E-state index is 12.2. The zero-order chi connectivity index (χ0) is 18.8. The Morgan fingerprint density at radius 3 is 2.85 bits per heavy atom. The second-order valence-electron chi connectivity index (χ2n) is 6.60. The Bertz CT molecular complexity index is 927. The molecule has 5 nitrogen and oxygen atoms in total. The molecule has 0 amide bonds. The summed E-state index contributed by atoms with van der Waals surface area (Å²) in [5, 5.41) is 4.78. The molecule has 0 spiro atoms. The van der Waals surface area contributed by atoms with Gasteiger partial charge in [-0.1, -0.05) is 46.6 Å². The molecule has 0 bridgehead atoms. The van der Waals surface area contributed by atoms with Crippen LogP contribution >= 0.6 is 27.5 Å². The van der Waals surface area contributed by atoms with Crippen LogP contribution in [0.15, 0.2) is 49.6 Å². The van der Waals surface area contributed by atoms with Crippen LogP contribution in [0.25, 0.3) is 11.5 Å². The van der Waals surface area contributed by atoms with Crippen LogP contribution in [0.4, 0.5) is 0 Å². The number of rotatable bonds is 5. The first kappa shape index (κ1) is 19.0. The molecule has 138 valence electrons. The topological polar surface area (TPSA) is 57.3 Å². The zero-order valence-electron chi connectivity index (χ0n) is 14.8. The number of ether oxygens (including phenoxy) is 1. The van der Waals surface area contributed by atoms with Gasteiger partial charge >= 0.3 is 5.76 Å². The van der Waals surface area contributed by atoms with Gasteiger partial charge in [-0.25, -0.2) is 4.79 Å². The fourth-order valence-corrected chi connectivity index (χ4v) is 3.58. The molecule has 1 aliphatic carbocycles. The highest BCUT2D eigenvalue weighted by Gasteiger charge is 2.18. The van der Waals surface area contributed by atoms with E-state index in [9.17, 15) is 4.79 Å². The molecule has 1 heterocycles.